The molecule has 94 valence electrons. The number of hydrogen-bond donors (Lipinski definition) is 0. The van der Waals surface area contributed by atoms with Crippen LogP contribution < -0.4 is 0 Å². The Labute approximate surface area is 110 Å². The van der Waals surface area contributed by atoms with Crippen LogP contribution in [0.4, 0.5) is 0 Å². The van der Waals surface area contributed by atoms with Gasteiger partial charge in [0.25, 0.3) is 5.91 Å². The van der Waals surface area contributed by atoms with Gasteiger partial charge in [0, 0.05) is 31.7 Å². The molecule has 5 nitrogen and oxygen atoms in total. The van der Waals surface area contributed by atoms with Crippen molar-refractivity contribution in [1.82, 2.24) is 19.7 Å². The van der Waals surface area contributed by atoms with Crippen LogP contribution in [0.5, 0.6) is 0 Å². The zero-order valence-corrected chi connectivity index (χ0v) is 11.1. The van der Waals surface area contributed by atoms with Gasteiger partial charge in [0.15, 0.2) is 5.82 Å². The van der Waals surface area contributed by atoms with Crippen molar-refractivity contribution in [2.24, 2.45) is 7.05 Å². The van der Waals surface area contributed by atoms with Gasteiger partial charge < -0.3 is 4.90 Å². The number of aromatic nitrogens is 3. The molecular formula is C12H13ClN4O. The molecule has 0 aliphatic heterocycles. The Kier molecular flexibility index (Phi) is 3.34. The molecule has 2 aromatic rings. The number of hydrogen-bond acceptors (Lipinski definition) is 3. The fraction of sp³-hybridized carbons (Fsp3) is 0.250. The second-order valence-corrected chi connectivity index (χ2v) is 4.53. The van der Waals surface area contributed by atoms with Crippen molar-refractivity contribution >= 4 is 17.5 Å². The molecule has 0 bridgehead atoms. The maximum absolute atomic E-state index is 11.8. The SMILES string of the molecule is CN(C)C(=O)c1nc(-c2ccc(Cl)cc2)nn1C. The fourth-order valence-electron chi connectivity index (χ4n) is 1.49. The summed E-state index contributed by atoms with van der Waals surface area (Å²) in [4.78, 5) is 17.6. The van der Waals surface area contributed by atoms with E-state index in [4.69, 9.17) is 11.6 Å². The number of nitrogens with zero attached hydrogens (tertiary/aromatic N) is 4. The van der Waals surface area contributed by atoms with E-state index in [1.165, 1.54) is 9.58 Å². The van der Waals surface area contributed by atoms with Gasteiger partial charge in [-0.3, -0.25) is 4.79 Å². The number of halogens is 1. The van der Waals surface area contributed by atoms with Gasteiger partial charge >= 0.3 is 0 Å². The first-order chi connectivity index (χ1) is 8.49. The van der Waals surface area contributed by atoms with E-state index in [0.717, 1.165) is 5.56 Å². The zero-order valence-electron chi connectivity index (χ0n) is 10.4. The molecule has 0 radical (unpaired) electrons. The average molecular weight is 265 g/mol. The highest BCUT2D eigenvalue weighted by Gasteiger charge is 2.17. The Hall–Kier alpha value is -1.88. The summed E-state index contributed by atoms with van der Waals surface area (Å²) in [6.07, 6.45) is 0. The number of amides is 1. The van der Waals surface area contributed by atoms with Crippen LogP contribution in [-0.2, 0) is 7.05 Å². The molecule has 1 amide bonds. The molecule has 1 heterocycles. The lowest BCUT2D eigenvalue weighted by atomic mass is 10.2. The molecule has 0 saturated heterocycles. The smallest absolute Gasteiger partial charge is 0.290 e. The number of benzene rings is 1. The van der Waals surface area contributed by atoms with Crippen molar-refractivity contribution in [3.05, 3.63) is 35.1 Å². The Bertz CT molecular complexity index is 574. The van der Waals surface area contributed by atoms with Crippen molar-refractivity contribution in [2.75, 3.05) is 14.1 Å². The molecule has 0 aliphatic rings. The van der Waals surface area contributed by atoms with Crippen molar-refractivity contribution in [3.8, 4) is 11.4 Å². The largest absolute Gasteiger partial charge is 0.342 e. The summed E-state index contributed by atoms with van der Waals surface area (Å²) in [7, 11) is 5.06. The first-order valence-corrected chi connectivity index (χ1v) is 5.75. The van der Waals surface area contributed by atoms with Crippen molar-refractivity contribution in [1.29, 1.82) is 0 Å². The van der Waals surface area contributed by atoms with Crippen LogP contribution in [0.25, 0.3) is 11.4 Å². The number of carbonyl (C=O) groups is 1. The normalized spacial score (nSPS) is 10.4. The molecule has 6 heteroatoms. The van der Waals surface area contributed by atoms with Gasteiger partial charge in [0.05, 0.1) is 0 Å². The lowest BCUT2D eigenvalue weighted by Gasteiger charge is -2.07. The minimum atomic E-state index is -0.176. The van der Waals surface area contributed by atoms with Gasteiger partial charge in [0.2, 0.25) is 5.82 Å². The Morgan fingerprint density at radius 3 is 2.44 bits per heavy atom. The summed E-state index contributed by atoms with van der Waals surface area (Å²) in [6.45, 7) is 0. The molecule has 0 N–H and O–H groups in total. The molecule has 1 aromatic heterocycles. The fourth-order valence-corrected chi connectivity index (χ4v) is 1.62. The molecule has 0 spiro atoms. The molecule has 1 aromatic carbocycles. The number of carbonyl (C=O) groups excluding carboxylic acids is 1. The standard InChI is InChI=1S/C12H13ClN4O/c1-16(2)12(18)11-14-10(15-17(11)3)8-4-6-9(13)7-5-8/h4-7H,1-3H3. The third-order valence-corrected chi connectivity index (χ3v) is 2.71. The van der Waals surface area contributed by atoms with Crippen LogP contribution in [0.15, 0.2) is 24.3 Å². The van der Waals surface area contributed by atoms with Crippen LogP contribution in [-0.4, -0.2) is 39.7 Å². The van der Waals surface area contributed by atoms with E-state index in [2.05, 4.69) is 10.1 Å². The van der Waals surface area contributed by atoms with Crippen LogP contribution in [0.1, 0.15) is 10.6 Å². The van der Waals surface area contributed by atoms with E-state index in [0.29, 0.717) is 16.7 Å². The third kappa shape index (κ3) is 2.36. The van der Waals surface area contributed by atoms with Crippen LogP contribution >= 0.6 is 11.6 Å². The molecule has 0 atom stereocenters. The lowest BCUT2D eigenvalue weighted by Crippen LogP contribution is -2.25. The predicted octanol–water partition coefficient (Wildman–Crippen LogP) is 1.84. The van der Waals surface area contributed by atoms with E-state index in [1.54, 1.807) is 33.3 Å². The summed E-state index contributed by atoms with van der Waals surface area (Å²) in [5.41, 5.74) is 0.827. The molecule has 0 aliphatic carbocycles. The van der Waals surface area contributed by atoms with E-state index in [-0.39, 0.29) is 5.91 Å². The predicted molar refractivity (Wildman–Crippen MR) is 69.5 cm³/mol. The topological polar surface area (TPSA) is 51.0 Å². The number of rotatable bonds is 2. The van der Waals surface area contributed by atoms with Gasteiger partial charge in [-0.2, -0.15) is 5.10 Å². The van der Waals surface area contributed by atoms with Gasteiger partial charge in [-0.1, -0.05) is 11.6 Å². The van der Waals surface area contributed by atoms with E-state index < -0.39 is 0 Å². The maximum Gasteiger partial charge on any atom is 0.290 e. The van der Waals surface area contributed by atoms with Gasteiger partial charge in [0.1, 0.15) is 0 Å². The van der Waals surface area contributed by atoms with Crippen molar-refractivity contribution in [3.63, 3.8) is 0 Å². The zero-order chi connectivity index (χ0) is 13.3. The second-order valence-electron chi connectivity index (χ2n) is 4.09. The highest BCUT2D eigenvalue weighted by atomic mass is 35.5. The van der Waals surface area contributed by atoms with E-state index >= 15 is 0 Å². The Balaban J connectivity index is 2.40. The van der Waals surface area contributed by atoms with E-state index in [1.807, 2.05) is 12.1 Å². The summed E-state index contributed by atoms with van der Waals surface area (Å²) >= 11 is 5.82. The molecule has 2 rings (SSSR count). The van der Waals surface area contributed by atoms with E-state index in [9.17, 15) is 4.79 Å². The monoisotopic (exact) mass is 264 g/mol. The number of aryl methyl sites for hydroxylation is 1. The molecule has 0 saturated carbocycles. The summed E-state index contributed by atoms with van der Waals surface area (Å²) in [5, 5.41) is 4.88. The summed E-state index contributed by atoms with van der Waals surface area (Å²) < 4.78 is 1.48. The maximum atomic E-state index is 11.8. The molecule has 0 unspecified atom stereocenters. The van der Waals surface area contributed by atoms with Gasteiger partial charge in [-0.15, -0.1) is 0 Å². The molecule has 18 heavy (non-hydrogen) atoms. The third-order valence-electron chi connectivity index (χ3n) is 2.46. The highest BCUT2D eigenvalue weighted by molar-refractivity contribution is 6.30. The second kappa shape index (κ2) is 4.78. The minimum absolute atomic E-state index is 0.176. The van der Waals surface area contributed by atoms with Crippen LogP contribution in [0, 0.1) is 0 Å². The minimum Gasteiger partial charge on any atom is -0.342 e. The van der Waals surface area contributed by atoms with Crippen molar-refractivity contribution in [2.45, 2.75) is 0 Å². The van der Waals surface area contributed by atoms with Crippen LogP contribution in [0.3, 0.4) is 0 Å². The van der Waals surface area contributed by atoms with Crippen molar-refractivity contribution < 1.29 is 4.79 Å². The lowest BCUT2D eigenvalue weighted by molar-refractivity contribution is 0.0811. The molecule has 0 fully saturated rings. The first kappa shape index (κ1) is 12.6. The Morgan fingerprint density at radius 1 is 1.28 bits per heavy atom. The van der Waals surface area contributed by atoms with Gasteiger partial charge in [-0.25, -0.2) is 9.67 Å². The Morgan fingerprint density at radius 2 is 1.89 bits per heavy atom. The first-order valence-electron chi connectivity index (χ1n) is 5.37. The highest BCUT2D eigenvalue weighted by Crippen LogP contribution is 2.18. The van der Waals surface area contributed by atoms with Crippen LogP contribution in [0.2, 0.25) is 5.02 Å². The summed E-state index contributed by atoms with van der Waals surface area (Å²) in [5.74, 6) is 0.648. The summed E-state index contributed by atoms with van der Waals surface area (Å²) in [6, 6.07) is 7.17. The average Bonchev–Trinajstić information content (AvgIpc) is 2.71. The molecular weight excluding hydrogens is 252 g/mol. The van der Waals surface area contributed by atoms with Gasteiger partial charge in [-0.05, 0) is 24.3 Å². The quantitative estimate of drug-likeness (QED) is 0.832.